The zero-order valence-corrected chi connectivity index (χ0v) is 12.0. The molecule has 6 nitrogen and oxygen atoms in total. The van der Waals surface area contributed by atoms with Crippen molar-refractivity contribution < 1.29 is 8.42 Å². The quantitative estimate of drug-likeness (QED) is 0.836. The standard InChI is InChI=1S/C9H12N4O2S3/c1-10-5-4-7-2-3-8(17-7)18(14,15)13-9-12-11-6-16-9/h2-3,6,10H,4-5H2,1H3,(H,12,13). The Labute approximate surface area is 113 Å². The van der Waals surface area contributed by atoms with Gasteiger partial charge in [-0.05, 0) is 32.1 Å². The first-order chi connectivity index (χ1) is 8.62. The summed E-state index contributed by atoms with van der Waals surface area (Å²) in [4.78, 5) is 1.03. The van der Waals surface area contributed by atoms with E-state index in [0.29, 0.717) is 4.21 Å². The molecule has 0 aliphatic heterocycles. The van der Waals surface area contributed by atoms with E-state index in [2.05, 4.69) is 20.2 Å². The molecule has 2 aromatic rings. The number of likely N-dealkylation sites (N-methyl/N-ethyl adjacent to an activating group) is 1. The van der Waals surface area contributed by atoms with Gasteiger partial charge in [0.05, 0.1) is 0 Å². The molecule has 2 N–H and O–H groups in total. The van der Waals surface area contributed by atoms with Gasteiger partial charge in [-0.15, -0.1) is 21.5 Å². The molecule has 0 unspecified atom stereocenters. The van der Waals surface area contributed by atoms with Crippen molar-refractivity contribution in [3.05, 3.63) is 22.5 Å². The van der Waals surface area contributed by atoms with Gasteiger partial charge in [-0.1, -0.05) is 11.3 Å². The van der Waals surface area contributed by atoms with Gasteiger partial charge < -0.3 is 5.32 Å². The number of hydrogen-bond donors (Lipinski definition) is 2. The molecular formula is C9H12N4O2S3. The highest BCUT2D eigenvalue weighted by Gasteiger charge is 2.18. The van der Waals surface area contributed by atoms with E-state index in [1.165, 1.54) is 16.8 Å². The predicted octanol–water partition coefficient (Wildman–Crippen LogP) is 1.16. The molecule has 0 radical (unpaired) electrons. The number of nitrogens with zero attached hydrogens (tertiary/aromatic N) is 2. The first-order valence-electron chi connectivity index (χ1n) is 5.14. The van der Waals surface area contributed by atoms with E-state index in [0.717, 1.165) is 29.2 Å². The van der Waals surface area contributed by atoms with E-state index in [-0.39, 0.29) is 5.13 Å². The SMILES string of the molecule is CNCCc1ccc(S(=O)(=O)Nc2nncs2)s1. The van der Waals surface area contributed by atoms with Gasteiger partial charge in [0.1, 0.15) is 9.72 Å². The normalized spacial score (nSPS) is 11.6. The van der Waals surface area contributed by atoms with Crippen molar-refractivity contribution in [3.8, 4) is 0 Å². The molecule has 0 aromatic carbocycles. The van der Waals surface area contributed by atoms with Crippen molar-refractivity contribution in [2.75, 3.05) is 18.3 Å². The summed E-state index contributed by atoms with van der Waals surface area (Å²) >= 11 is 2.41. The van der Waals surface area contributed by atoms with Crippen LogP contribution in [0.4, 0.5) is 5.13 Å². The molecular weight excluding hydrogens is 292 g/mol. The van der Waals surface area contributed by atoms with Crippen LogP contribution in [0.5, 0.6) is 0 Å². The monoisotopic (exact) mass is 304 g/mol. The van der Waals surface area contributed by atoms with Crippen LogP contribution in [0.3, 0.4) is 0 Å². The molecule has 18 heavy (non-hydrogen) atoms. The van der Waals surface area contributed by atoms with Crippen LogP contribution in [-0.4, -0.2) is 32.2 Å². The molecule has 0 fully saturated rings. The summed E-state index contributed by atoms with van der Waals surface area (Å²) in [5.41, 5.74) is 1.48. The Morgan fingerprint density at radius 3 is 2.89 bits per heavy atom. The van der Waals surface area contributed by atoms with Crippen LogP contribution >= 0.6 is 22.7 Å². The molecule has 2 rings (SSSR count). The van der Waals surface area contributed by atoms with E-state index in [1.54, 1.807) is 6.07 Å². The van der Waals surface area contributed by atoms with E-state index in [9.17, 15) is 8.42 Å². The largest absolute Gasteiger partial charge is 0.319 e. The highest BCUT2D eigenvalue weighted by Crippen LogP contribution is 2.24. The highest BCUT2D eigenvalue weighted by atomic mass is 32.2. The van der Waals surface area contributed by atoms with Crippen molar-refractivity contribution in [3.63, 3.8) is 0 Å². The first-order valence-corrected chi connectivity index (χ1v) is 8.32. The van der Waals surface area contributed by atoms with Crippen LogP contribution in [0, 0.1) is 0 Å². The van der Waals surface area contributed by atoms with Crippen molar-refractivity contribution in [1.82, 2.24) is 15.5 Å². The third-order valence-electron chi connectivity index (χ3n) is 2.10. The maximum Gasteiger partial charge on any atom is 0.273 e. The van der Waals surface area contributed by atoms with Crippen molar-refractivity contribution in [2.24, 2.45) is 0 Å². The fourth-order valence-electron chi connectivity index (χ4n) is 1.27. The lowest BCUT2D eigenvalue weighted by molar-refractivity contribution is 0.603. The third kappa shape index (κ3) is 3.25. The van der Waals surface area contributed by atoms with Crippen LogP contribution in [0.25, 0.3) is 0 Å². The average molecular weight is 304 g/mol. The topological polar surface area (TPSA) is 84.0 Å². The second kappa shape index (κ2) is 5.74. The Hall–Kier alpha value is -1.03. The molecule has 0 aliphatic rings. The average Bonchev–Trinajstić information content (AvgIpc) is 2.96. The zero-order valence-electron chi connectivity index (χ0n) is 9.58. The molecule has 0 atom stereocenters. The number of nitrogens with one attached hydrogen (secondary N) is 2. The van der Waals surface area contributed by atoms with E-state index in [1.807, 2.05) is 13.1 Å². The van der Waals surface area contributed by atoms with Crippen molar-refractivity contribution in [2.45, 2.75) is 10.6 Å². The van der Waals surface area contributed by atoms with Crippen LogP contribution in [-0.2, 0) is 16.4 Å². The van der Waals surface area contributed by atoms with Crippen LogP contribution < -0.4 is 10.0 Å². The molecule has 9 heteroatoms. The summed E-state index contributed by atoms with van der Waals surface area (Å²) in [6.45, 7) is 0.823. The van der Waals surface area contributed by atoms with Gasteiger partial charge in [0.25, 0.3) is 10.0 Å². The van der Waals surface area contributed by atoms with E-state index >= 15 is 0 Å². The van der Waals surface area contributed by atoms with Gasteiger partial charge in [0, 0.05) is 4.88 Å². The number of sulfonamides is 1. The summed E-state index contributed by atoms with van der Waals surface area (Å²) in [5.74, 6) is 0. The molecule has 2 heterocycles. The van der Waals surface area contributed by atoms with Crippen LogP contribution in [0.2, 0.25) is 0 Å². The number of hydrogen-bond acceptors (Lipinski definition) is 7. The lowest BCUT2D eigenvalue weighted by Crippen LogP contribution is -2.11. The molecule has 0 amide bonds. The van der Waals surface area contributed by atoms with Crippen LogP contribution in [0.15, 0.2) is 21.9 Å². The Morgan fingerprint density at radius 1 is 1.39 bits per heavy atom. The van der Waals surface area contributed by atoms with Gasteiger partial charge in [0.2, 0.25) is 5.13 Å². The molecule has 0 bridgehead atoms. The van der Waals surface area contributed by atoms with Gasteiger partial charge in [0.15, 0.2) is 0 Å². The fourth-order valence-corrected chi connectivity index (χ4v) is 4.32. The molecule has 0 saturated carbocycles. The fraction of sp³-hybridized carbons (Fsp3) is 0.333. The minimum absolute atomic E-state index is 0.278. The molecule has 0 saturated heterocycles. The zero-order chi connectivity index (χ0) is 13.0. The maximum absolute atomic E-state index is 12.0. The van der Waals surface area contributed by atoms with E-state index in [4.69, 9.17) is 0 Å². The van der Waals surface area contributed by atoms with E-state index < -0.39 is 10.0 Å². The summed E-state index contributed by atoms with van der Waals surface area (Å²) in [6.07, 6.45) is 0.815. The smallest absolute Gasteiger partial charge is 0.273 e. The lowest BCUT2D eigenvalue weighted by atomic mass is 10.3. The summed E-state index contributed by atoms with van der Waals surface area (Å²) in [5, 5.41) is 10.5. The summed E-state index contributed by atoms with van der Waals surface area (Å²) in [7, 11) is -1.67. The molecule has 98 valence electrons. The highest BCUT2D eigenvalue weighted by molar-refractivity contribution is 7.94. The number of thiophene rings is 1. The summed E-state index contributed by atoms with van der Waals surface area (Å²) < 4.78 is 26.7. The Kier molecular flexibility index (Phi) is 4.27. The number of rotatable bonds is 6. The number of anilines is 1. The van der Waals surface area contributed by atoms with Gasteiger partial charge >= 0.3 is 0 Å². The molecule has 2 aromatic heterocycles. The Balaban J connectivity index is 2.12. The third-order valence-corrected chi connectivity index (χ3v) is 5.82. The Morgan fingerprint density at radius 2 is 2.22 bits per heavy atom. The minimum atomic E-state index is -3.53. The summed E-state index contributed by atoms with van der Waals surface area (Å²) in [6, 6.07) is 3.44. The van der Waals surface area contributed by atoms with Crippen molar-refractivity contribution >= 4 is 37.8 Å². The number of aromatic nitrogens is 2. The van der Waals surface area contributed by atoms with Gasteiger partial charge in [-0.25, -0.2) is 8.42 Å². The second-order valence-electron chi connectivity index (χ2n) is 3.42. The molecule has 0 spiro atoms. The molecule has 0 aliphatic carbocycles. The predicted molar refractivity (Wildman–Crippen MR) is 72.7 cm³/mol. The Bertz CT molecular complexity index is 591. The first kappa shape index (κ1) is 13.4. The van der Waals surface area contributed by atoms with Crippen LogP contribution in [0.1, 0.15) is 4.88 Å². The van der Waals surface area contributed by atoms with Crippen molar-refractivity contribution in [1.29, 1.82) is 0 Å². The van der Waals surface area contributed by atoms with Gasteiger partial charge in [-0.2, -0.15) is 0 Å². The minimum Gasteiger partial charge on any atom is -0.319 e. The second-order valence-corrected chi connectivity index (χ2v) is 7.33. The lowest BCUT2D eigenvalue weighted by Gasteiger charge is -2.00. The maximum atomic E-state index is 12.0. The van der Waals surface area contributed by atoms with Gasteiger partial charge in [-0.3, -0.25) is 4.72 Å².